The molecule has 0 spiro atoms. The lowest BCUT2D eigenvalue weighted by molar-refractivity contribution is 0.631. The molecular formula is C19H18F2N2S2. The predicted molar refractivity (Wildman–Crippen MR) is 106 cm³/mol. The van der Waals surface area contributed by atoms with Crippen molar-refractivity contribution in [3.63, 3.8) is 0 Å². The lowest BCUT2D eigenvalue weighted by atomic mass is 10.0. The summed E-state index contributed by atoms with van der Waals surface area (Å²) in [5.74, 6) is -0.259. The average Bonchev–Trinajstić information content (AvgIpc) is 3.07. The molecule has 0 amide bonds. The first-order chi connectivity index (χ1) is 11.9. The van der Waals surface area contributed by atoms with Crippen molar-refractivity contribution >= 4 is 45.6 Å². The fourth-order valence-corrected chi connectivity index (χ4v) is 3.93. The number of thioether (sulfide) groups is 1. The first-order valence-corrected chi connectivity index (χ1v) is 9.47. The van der Waals surface area contributed by atoms with E-state index in [1.807, 2.05) is 32.2 Å². The van der Waals surface area contributed by atoms with Crippen molar-refractivity contribution in [3.8, 4) is 0 Å². The van der Waals surface area contributed by atoms with Gasteiger partial charge in [0.15, 0.2) is 0 Å². The van der Waals surface area contributed by atoms with Crippen molar-refractivity contribution in [1.82, 2.24) is 4.98 Å². The first-order valence-electron chi connectivity index (χ1n) is 7.84. The van der Waals surface area contributed by atoms with Crippen LogP contribution in [0.4, 0.5) is 14.5 Å². The largest absolute Gasteiger partial charge is 0.355 e. The number of halogens is 2. The SMILES string of the molecule is CC1C(=S)Nc2c(F)cccc21.CSc1c(C)[nH]c2c(F)cccc12. The van der Waals surface area contributed by atoms with E-state index in [4.69, 9.17) is 12.2 Å². The number of benzene rings is 2. The van der Waals surface area contributed by atoms with Crippen molar-refractivity contribution in [2.75, 3.05) is 11.6 Å². The van der Waals surface area contributed by atoms with Crippen molar-refractivity contribution in [3.05, 3.63) is 59.3 Å². The van der Waals surface area contributed by atoms with Gasteiger partial charge in [-0.05, 0) is 30.9 Å². The number of hydrogen-bond acceptors (Lipinski definition) is 2. The number of nitrogens with one attached hydrogen (secondary N) is 2. The molecule has 3 aromatic rings. The summed E-state index contributed by atoms with van der Waals surface area (Å²) in [6.45, 7) is 3.94. The van der Waals surface area contributed by atoms with Gasteiger partial charge in [-0.2, -0.15) is 0 Å². The Kier molecular flexibility index (Phi) is 5.11. The second-order valence-corrected chi connectivity index (χ2v) is 7.12. The zero-order valence-electron chi connectivity index (χ0n) is 14.1. The maximum Gasteiger partial charge on any atom is 0.147 e. The minimum Gasteiger partial charge on any atom is -0.355 e. The number of para-hydroxylation sites is 2. The fraction of sp³-hybridized carbons (Fsp3) is 0.211. The van der Waals surface area contributed by atoms with Crippen molar-refractivity contribution in [2.45, 2.75) is 24.7 Å². The fourth-order valence-electron chi connectivity index (χ4n) is 2.96. The van der Waals surface area contributed by atoms with Gasteiger partial charge in [0, 0.05) is 21.9 Å². The number of rotatable bonds is 1. The molecule has 1 unspecified atom stereocenters. The van der Waals surface area contributed by atoms with Crippen LogP contribution >= 0.6 is 24.0 Å². The number of anilines is 1. The highest BCUT2D eigenvalue weighted by Crippen LogP contribution is 2.34. The number of fused-ring (bicyclic) bond motifs is 2. The van der Waals surface area contributed by atoms with Crippen LogP contribution in [-0.4, -0.2) is 16.2 Å². The van der Waals surface area contributed by atoms with Gasteiger partial charge in [-0.25, -0.2) is 8.78 Å². The predicted octanol–water partition coefficient (Wildman–Crippen LogP) is 6.02. The highest BCUT2D eigenvalue weighted by molar-refractivity contribution is 7.98. The molecule has 1 aliphatic rings. The van der Waals surface area contributed by atoms with Gasteiger partial charge >= 0.3 is 0 Å². The molecule has 0 saturated heterocycles. The van der Waals surface area contributed by atoms with Crippen molar-refractivity contribution in [1.29, 1.82) is 0 Å². The van der Waals surface area contributed by atoms with Crippen molar-refractivity contribution < 1.29 is 8.78 Å². The number of H-pyrrole nitrogens is 1. The number of aryl methyl sites for hydroxylation is 1. The summed E-state index contributed by atoms with van der Waals surface area (Å²) in [5, 5.41) is 3.85. The normalized spacial score (nSPS) is 15.6. The van der Waals surface area contributed by atoms with Gasteiger partial charge in [0.05, 0.1) is 16.2 Å². The summed E-state index contributed by atoms with van der Waals surface area (Å²) in [6, 6.07) is 10.2. The van der Waals surface area contributed by atoms with E-state index < -0.39 is 0 Å². The van der Waals surface area contributed by atoms with E-state index in [-0.39, 0.29) is 17.6 Å². The van der Waals surface area contributed by atoms with E-state index in [9.17, 15) is 8.78 Å². The van der Waals surface area contributed by atoms with Crippen LogP contribution in [0.25, 0.3) is 10.9 Å². The highest BCUT2D eigenvalue weighted by Gasteiger charge is 2.25. The Morgan fingerprint density at radius 2 is 1.76 bits per heavy atom. The molecule has 1 aromatic heterocycles. The highest BCUT2D eigenvalue weighted by atomic mass is 32.2. The van der Waals surface area contributed by atoms with E-state index in [1.54, 1.807) is 23.9 Å². The Labute approximate surface area is 155 Å². The molecule has 0 aliphatic carbocycles. The van der Waals surface area contributed by atoms with Crippen LogP contribution in [0.5, 0.6) is 0 Å². The van der Waals surface area contributed by atoms with Gasteiger partial charge in [-0.1, -0.05) is 43.4 Å². The van der Waals surface area contributed by atoms with E-state index >= 15 is 0 Å². The third-order valence-electron chi connectivity index (χ3n) is 4.27. The minimum atomic E-state index is -0.223. The lowest BCUT2D eigenvalue weighted by Crippen LogP contribution is -2.05. The minimum absolute atomic E-state index is 0.144. The smallest absolute Gasteiger partial charge is 0.147 e. The van der Waals surface area contributed by atoms with Crippen LogP contribution < -0.4 is 5.32 Å². The molecule has 6 heteroatoms. The van der Waals surface area contributed by atoms with Gasteiger partial charge in [-0.15, -0.1) is 11.8 Å². The van der Waals surface area contributed by atoms with Gasteiger partial charge in [0.2, 0.25) is 0 Å². The average molecular weight is 376 g/mol. The Balaban J connectivity index is 0.000000146. The number of thiocarbonyl (C=S) groups is 1. The molecule has 2 heterocycles. The first kappa shape index (κ1) is 17.9. The zero-order valence-corrected chi connectivity index (χ0v) is 15.7. The molecule has 25 heavy (non-hydrogen) atoms. The van der Waals surface area contributed by atoms with Crippen LogP contribution in [0.2, 0.25) is 0 Å². The summed E-state index contributed by atoms with van der Waals surface area (Å²) in [6.07, 6.45) is 2.00. The van der Waals surface area contributed by atoms with E-state index in [1.165, 1.54) is 12.1 Å². The molecule has 4 rings (SSSR count). The molecule has 0 bridgehead atoms. The lowest BCUT2D eigenvalue weighted by Gasteiger charge is -2.00. The Hall–Kier alpha value is -1.92. The molecule has 2 N–H and O–H groups in total. The Morgan fingerprint density at radius 3 is 2.44 bits per heavy atom. The Morgan fingerprint density at radius 1 is 1.08 bits per heavy atom. The van der Waals surface area contributed by atoms with Crippen LogP contribution in [0, 0.1) is 18.6 Å². The van der Waals surface area contributed by atoms with Gasteiger partial charge < -0.3 is 10.3 Å². The maximum absolute atomic E-state index is 13.3. The topological polar surface area (TPSA) is 27.8 Å². The van der Waals surface area contributed by atoms with E-state index in [0.29, 0.717) is 16.2 Å². The third-order valence-corrected chi connectivity index (χ3v) is 5.66. The summed E-state index contributed by atoms with van der Waals surface area (Å²) in [4.78, 5) is 4.89. The molecule has 1 aliphatic heterocycles. The zero-order chi connectivity index (χ0) is 18.1. The molecule has 0 saturated carbocycles. The van der Waals surface area contributed by atoms with E-state index in [0.717, 1.165) is 21.5 Å². The molecule has 2 nitrogen and oxygen atoms in total. The second-order valence-electron chi connectivity index (χ2n) is 5.86. The van der Waals surface area contributed by atoms with E-state index in [2.05, 4.69) is 10.3 Å². The van der Waals surface area contributed by atoms with Crippen LogP contribution in [0.3, 0.4) is 0 Å². The summed E-state index contributed by atoms with van der Waals surface area (Å²) in [5.41, 5.74) is 3.16. The van der Waals surface area contributed by atoms with Crippen molar-refractivity contribution in [2.24, 2.45) is 0 Å². The quantitative estimate of drug-likeness (QED) is 0.402. The summed E-state index contributed by atoms with van der Waals surface area (Å²) in [7, 11) is 0. The van der Waals surface area contributed by atoms with Crippen LogP contribution in [0.15, 0.2) is 41.3 Å². The number of hydrogen-bond donors (Lipinski definition) is 2. The monoisotopic (exact) mass is 376 g/mol. The number of aromatic nitrogens is 1. The molecule has 2 aromatic carbocycles. The summed E-state index contributed by atoms with van der Waals surface area (Å²) >= 11 is 6.67. The maximum atomic E-state index is 13.3. The molecule has 0 fully saturated rings. The standard InChI is InChI=1S/C10H10FNS.C9H8FNS/c1-6-10(13-2)7-4-3-5-8(11)9(7)12-6;1-5-6-3-2-4-7(10)8(6)11-9(5)12/h3-5,12H,1-2H3;2-5H,1H3,(H,11,12). The second kappa shape index (κ2) is 7.14. The third kappa shape index (κ3) is 3.28. The van der Waals surface area contributed by atoms with Gasteiger partial charge in [0.25, 0.3) is 0 Å². The summed E-state index contributed by atoms with van der Waals surface area (Å²) < 4.78 is 26.4. The van der Waals surface area contributed by atoms with Gasteiger partial charge in [0.1, 0.15) is 11.6 Å². The molecule has 1 atom stereocenters. The van der Waals surface area contributed by atoms with Crippen LogP contribution in [-0.2, 0) is 0 Å². The van der Waals surface area contributed by atoms with Gasteiger partial charge in [-0.3, -0.25) is 0 Å². The molecule has 0 radical (unpaired) electrons. The number of aromatic amines is 1. The molecular weight excluding hydrogens is 358 g/mol. The van der Waals surface area contributed by atoms with Crippen LogP contribution in [0.1, 0.15) is 24.1 Å². The Bertz CT molecular complexity index is 950. The molecule has 130 valence electrons.